The highest BCUT2D eigenvalue weighted by Crippen LogP contribution is 2.26. The molecule has 0 aliphatic carbocycles. The van der Waals surface area contributed by atoms with Crippen LogP contribution in [-0.2, 0) is 14.3 Å². The average molecular weight is 376 g/mol. The van der Waals surface area contributed by atoms with Crippen LogP contribution in [0.2, 0.25) is 0 Å². The van der Waals surface area contributed by atoms with Crippen molar-refractivity contribution in [3.63, 3.8) is 0 Å². The number of nitrogens with one attached hydrogen (secondary N) is 1. The number of hydrogen-bond acceptors (Lipinski definition) is 5. The Hall–Kier alpha value is -2.28. The van der Waals surface area contributed by atoms with Gasteiger partial charge in [-0.15, -0.1) is 0 Å². The molecule has 2 aromatic rings. The molecule has 7 nitrogen and oxygen atoms in total. The Kier molecular flexibility index (Phi) is 5.89. The molecular formula is C20H28N2O5. The number of aromatic nitrogens is 1. The first-order valence-corrected chi connectivity index (χ1v) is 9.57. The number of rotatable bonds is 7. The molecule has 0 aromatic carbocycles. The molecule has 3 heterocycles. The second-order valence-corrected chi connectivity index (χ2v) is 7.61. The van der Waals surface area contributed by atoms with E-state index in [1.54, 1.807) is 12.3 Å². The van der Waals surface area contributed by atoms with Crippen molar-refractivity contribution in [1.29, 1.82) is 0 Å². The fraction of sp³-hybridized carbons (Fsp3) is 0.600. The maximum atomic E-state index is 12.8. The molecular weight excluding hydrogens is 348 g/mol. The molecule has 2 aromatic heterocycles. The van der Waals surface area contributed by atoms with E-state index < -0.39 is 12.1 Å². The van der Waals surface area contributed by atoms with Crippen LogP contribution in [0.1, 0.15) is 57.1 Å². The van der Waals surface area contributed by atoms with E-state index in [1.807, 2.05) is 38.3 Å². The van der Waals surface area contributed by atoms with Gasteiger partial charge in [0.15, 0.2) is 11.7 Å². The first kappa shape index (κ1) is 19.5. The molecule has 1 aliphatic rings. The van der Waals surface area contributed by atoms with Crippen LogP contribution >= 0.6 is 0 Å². The van der Waals surface area contributed by atoms with Gasteiger partial charge in [0.25, 0.3) is 5.91 Å². The van der Waals surface area contributed by atoms with E-state index in [1.165, 1.54) is 0 Å². The first-order chi connectivity index (χ1) is 12.9. The van der Waals surface area contributed by atoms with Crippen LogP contribution in [0.3, 0.4) is 0 Å². The lowest BCUT2D eigenvalue weighted by molar-refractivity contribution is -0.132. The monoisotopic (exact) mass is 376 g/mol. The minimum atomic E-state index is -0.860. The van der Waals surface area contributed by atoms with Gasteiger partial charge in [-0.25, -0.2) is 4.79 Å². The number of fused-ring (bicyclic) bond motifs is 1. The van der Waals surface area contributed by atoms with Gasteiger partial charge in [-0.05, 0) is 32.6 Å². The number of carbonyl (C=O) groups is 2. The number of nitrogens with zero attached hydrogens (tertiary/aromatic N) is 1. The molecule has 1 aliphatic heterocycles. The quantitative estimate of drug-likeness (QED) is 0.750. The minimum Gasteiger partial charge on any atom is -0.463 e. The first-order valence-electron chi connectivity index (χ1n) is 9.57. The zero-order valence-corrected chi connectivity index (χ0v) is 16.4. The normalized spacial score (nSPS) is 18.4. The van der Waals surface area contributed by atoms with E-state index in [9.17, 15) is 9.59 Å². The summed E-state index contributed by atoms with van der Waals surface area (Å²) in [7, 11) is 0. The zero-order valence-electron chi connectivity index (χ0n) is 16.4. The lowest BCUT2D eigenvalue weighted by Crippen LogP contribution is -2.43. The number of carbonyl (C=O) groups excluding carboxylic acids is 2. The van der Waals surface area contributed by atoms with E-state index in [2.05, 4.69) is 5.32 Å². The second kappa shape index (κ2) is 8.17. The largest absolute Gasteiger partial charge is 0.463 e. The third kappa shape index (κ3) is 4.18. The topological polar surface area (TPSA) is 82.7 Å². The van der Waals surface area contributed by atoms with Crippen molar-refractivity contribution < 1.29 is 23.5 Å². The lowest BCUT2D eigenvalue weighted by Gasteiger charge is -2.22. The van der Waals surface area contributed by atoms with Crippen molar-refractivity contribution >= 4 is 23.0 Å². The molecule has 0 spiro atoms. The maximum Gasteiger partial charge on any atom is 0.355 e. The van der Waals surface area contributed by atoms with E-state index in [-0.39, 0.29) is 24.0 Å². The molecule has 1 fully saturated rings. The van der Waals surface area contributed by atoms with Gasteiger partial charge in [-0.3, -0.25) is 4.79 Å². The summed E-state index contributed by atoms with van der Waals surface area (Å²) in [5.41, 5.74) is 1.84. The zero-order chi connectivity index (χ0) is 19.6. The van der Waals surface area contributed by atoms with Gasteiger partial charge in [-0.2, -0.15) is 0 Å². The van der Waals surface area contributed by atoms with Gasteiger partial charge < -0.3 is 23.8 Å². The maximum absolute atomic E-state index is 12.8. The number of furan rings is 1. The molecule has 1 amide bonds. The lowest BCUT2D eigenvalue weighted by atomic mass is 10.1. The molecule has 0 saturated carbocycles. The SMILES string of the molecule is CC(C)[C@@H](OC(=O)c1cc2occc2n1C(C)C)C(=O)NC[C@H]1CCCO1. The highest BCUT2D eigenvalue weighted by atomic mass is 16.5. The number of esters is 1. The van der Waals surface area contributed by atoms with Crippen molar-refractivity contribution in [1.82, 2.24) is 9.88 Å². The van der Waals surface area contributed by atoms with E-state index in [4.69, 9.17) is 13.9 Å². The van der Waals surface area contributed by atoms with Gasteiger partial charge in [-0.1, -0.05) is 13.8 Å². The van der Waals surface area contributed by atoms with Crippen molar-refractivity contribution in [2.75, 3.05) is 13.2 Å². The predicted octanol–water partition coefficient (Wildman–Crippen LogP) is 3.29. The molecule has 0 radical (unpaired) electrons. The summed E-state index contributed by atoms with van der Waals surface area (Å²) in [6.07, 6.45) is 2.72. The number of hydrogen-bond donors (Lipinski definition) is 1. The molecule has 3 rings (SSSR count). The van der Waals surface area contributed by atoms with Gasteiger partial charge in [0.05, 0.1) is 17.9 Å². The van der Waals surface area contributed by atoms with E-state index in [0.717, 1.165) is 25.0 Å². The Morgan fingerprint density at radius 3 is 2.74 bits per heavy atom. The Balaban J connectivity index is 1.72. The minimum absolute atomic E-state index is 0.0440. The van der Waals surface area contributed by atoms with Gasteiger partial charge in [0.1, 0.15) is 5.69 Å². The second-order valence-electron chi connectivity index (χ2n) is 7.61. The molecule has 27 heavy (non-hydrogen) atoms. The summed E-state index contributed by atoms with van der Waals surface area (Å²) in [6.45, 7) is 8.86. The van der Waals surface area contributed by atoms with Crippen LogP contribution in [0.15, 0.2) is 22.8 Å². The van der Waals surface area contributed by atoms with Crippen LogP contribution in [0.25, 0.3) is 11.1 Å². The molecule has 0 bridgehead atoms. The van der Waals surface area contributed by atoms with Crippen LogP contribution < -0.4 is 5.32 Å². The van der Waals surface area contributed by atoms with Crippen molar-refractivity contribution in [2.45, 2.75) is 58.8 Å². The molecule has 1 N–H and O–H groups in total. The van der Waals surface area contributed by atoms with Crippen LogP contribution in [0.4, 0.5) is 0 Å². The Morgan fingerprint density at radius 2 is 2.11 bits per heavy atom. The Labute approximate surface area is 159 Å². The Bertz CT molecular complexity index is 799. The molecule has 148 valence electrons. The van der Waals surface area contributed by atoms with Gasteiger partial charge >= 0.3 is 5.97 Å². The predicted molar refractivity (Wildman–Crippen MR) is 101 cm³/mol. The summed E-state index contributed by atoms with van der Waals surface area (Å²) < 4.78 is 18.4. The van der Waals surface area contributed by atoms with Crippen molar-refractivity contribution in [3.8, 4) is 0 Å². The number of ether oxygens (including phenoxy) is 2. The third-order valence-electron chi connectivity index (χ3n) is 4.81. The van der Waals surface area contributed by atoms with Crippen molar-refractivity contribution in [3.05, 3.63) is 24.1 Å². The Morgan fingerprint density at radius 1 is 1.33 bits per heavy atom. The standard InChI is InChI=1S/C20H28N2O5/c1-12(2)18(19(23)21-11-14-6-5-8-25-14)27-20(24)16-10-17-15(7-9-26-17)22(16)13(3)4/h7,9-10,12-14,18H,5-6,8,11H2,1-4H3,(H,21,23)/t14-,18-/m1/s1. The van der Waals surface area contributed by atoms with Crippen molar-refractivity contribution in [2.24, 2.45) is 5.92 Å². The third-order valence-corrected chi connectivity index (χ3v) is 4.81. The summed E-state index contributed by atoms with van der Waals surface area (Å²) in [5, 5.41) is 2.86. The van der Waals surface area contributed by atoms with Gasteiger partial charge in [0.2, 0.25) is 0 Å². The van der Waals surface area contributed by atoms with E-state index in [0.29, 0.717) is 17.8 Å². The number of amides is 1. The molecule has 7 heteroatoms. The summed E-state index contributed by atoms with van der Waals surface area (Å²) in [5.74, 6) is -0.967. The van der Waals surface area contributed by atoms with E-state index >= 15 is 0 Å². The fourth-order valence-corrected chi connectivity index (χ4v) is 3.45. The van der Waals surface area contributed by atoms with Gasteiger partial charge in [0, 0.05) is 31.3 Å². The van der Waals surface area contributed by atoms with Crippen LogP contribution in [0.5, 0.6) is 0 Å². The summed E-state index contributed by atoms with van der Waals surface area (Å²) >= 11 is 0. The summed E-state index contributed by atoms with van der Waals surface area (Å²) in [4.78, 5) is 25.4. The highest BCUT2D eigenvalue weighted by molar-refractivity contribution is 5.95. The molecule has 2 atom stereocenters. The summed E-state index contributed by atoms with van der Waals surface area (Å²) in [6, 6.07) is 3.54. The molecule has 0 unspecified atom stereocenters. The fourth-order valence-electron chi connectivity index (χ4n) is 3.45. The smallest absolute Gasteiger partial charge is 0.355 e. The molecule has 1 saturated heterocycles. The highest BCUT2D eigenvalue weighted by Gasteiger charge is 2.30. The average Bonchev–Trinajstić information content (AvgIpc) is 3.32. The van der Waals surface area contributed by atoms with Crippen LogP contribution in [-0.4, -0.2) is 41.8 Å². The van der Waals surface area contributed by atoms with Crippen LogP contribution in [0, 0.1) is 5.92 Å².